The fraction of sp³-hybridized carbons (Fsp3) is 0.458. The van der Waals surface area contributed by atoms with E-state index < -0.39 is 0 Å². The van der Waals surface area contributed by atoms with Gasteiger partial charge in [-0.3, -0.25) is 9.69 Å². The number of carbonyl (C=O) groups excluding carboxylic acids is 1. The van der Waals surface area contributed by atoms with E-state index in [4.69, 9.17) is 9.47 Å². The molecule has 0 aliphatic carbocycles. The van der Waals surface area contributed by atoms with Crippen LogP contribution in [0.5, 0.6) is 5.75 Å². The first-order valence-electron chi connectivity index (χ1n) is 10.6. The van der Waals surface area contributed by atoms with Gasteiger partial charge in [-0.1, -0.05) is 42.8 Å². The molecule has 5 nitrogen and oxygen atoms in total. The van der Waals surface area contributed by atoms with Gasteiger partial charge in [-0.25, -0.2) is 0 Å². The maximum atomic E-state index is 12.6. The smallest absolute Gasteiger partial charge is 0.255 e. The van der Waals surface area contributed by atoms with Crippen molar-refractivity contribution in [2.45, 2.75) is 39.3 Å². The molecule has 1 fully saturated rings. The second kappa shape index (κ2) is 11.6. The number of piperidine rings is 1. The zero-order valence-corrected chi connectivity index (χ0v) is 17.4. The summed E-state index contributed by atoms with van der Waals surface area (Å²) in [6.07, 6.45) is 3.97. The van der Waals surface area contributed by atoms with Gasteiger partial charge in [0, 0.05) is 19.7 Å². The molecule has 1 heterocycles. The van der Waals surface area contributed by atoms with Crippen LogP contribution in [-0.4, -0.2) is 43.7 Å². The maximum absolute atomic E-state index is 12.6. The van der Waals surface area contributed by atoms with Gasteiger partial charge in [-0.15, -0.1) is 0 Å². The van der Waals surface area contributed by atoms with Crippen LogP contribution in [-0.2, 0) is 17.8 Å². The maximum Gasteiger partial charge on any atom is 0.255 e. The van der Waals surface area contributed by atoms with Gasteiger partial charge >= 0.3 is 0 Å². The first-order valence-corrected chi connectivity index (χ1v) is 10.6. The largest absolute Gasteiger partial charge is 0.490 e. The van der Waals surface area contributed by atoms with Crippen LogP contribution in [0.4, 0.5) is 0 Å². The van der Waals surface area contributed by atoms with Gasteiger partial charge in [0.05, 0.1) is 12.2 Å². The highest BCUT2D eigenvalue weighted by Crippen LogP contribution is 2.18. The van der Waals surface area contributed by atoms with Crippen molar-refractivity contribution in [2.24, 2.45) is 0 Å². The molecule has 1 aliphatic rings. The number of rotatable bonds is 10. The summed E-state index contributed by atoms with van der Waals surface area (Å²) in [6, 6.07) is 15.9. The lowest BCUT2D eigenvalue weighted by Crippen LogP contribution is -2.29. The molecule has 0 spiro atoms. The fourth-order valence-corrected chi connectivity index (χ4v) is 3.55. The van der Waals surface area contributed by atoms with Crippen molar-refractivity contribution in [2.75, 3.05) is 32.9 Å². The van der Waals surface area contributed by atoms with Crippen molar-refractivity contribution < 1.29 is 14.3 Å². The minimum Gasteiger partial charge on any atom is -0.490 e. The number of nitrogens with zero attached hydrogens (tertiary/aromatic N) is 1. The quantitative estimate of drug-likeness (QED) is 0.617. The molecular weight excluding hydrogens is 364 g/mol. The summed E-state index contributed by atoms with van der Waals surface area (Å²) in [6.45, 7) is 7.44. The molecule has 0 saturated carbocycles. The number of ether oxygens (including phenoxy) is 2. The molecule has 1 N–H and O–H groups in total. The lowest BCUT2D eigenvalue weighted by atomic mass is 10.1. The van der Waals surface area contributed by atoms with Gasteiger partial charge in [-0.05, 0) is 56.1 Å². The predicted octanol–water partition coefficient (Wildman–Crippen LogP) is 4.02. The van der Waals surface area contributed by atoms with Crippen LogP contribution in [0.1, 0.15) is 47.7 Å². The molecule has 1 aliphatic heterocycles. The molecule has 0 aromatic heterocycles. The number of benzene rings is 2. The average Bonchev–Trinajstić information content (AvgIpc) is 2.77. The van der Waals surface area contributed by atoms with Crippen LogP contribution in [0.2, 0.25) is 0 Å². The topological polar surface area (TPSA) is 50.8 Å². The minimum atomic E-state index is -0.130. The first-order chi connectivity index (χ1) is 14.3. The van der Waals surface area contributed by atoms with Crippen molar-refractivity contribution in [3.8, 4) is 5.75 Å². The van der Waals surface area contributed by atoms with Crippen LogP contribution in [0.25, 0.3) is 0 Å². The molecule has 2 aromatic carbocycles. The highest BCUT2D eigenvalue weighted by atomic mass is 16.5. The Kier molecular flexibility index (Phi) is 8.53. The standard InChI is InChI=1S/C24H32N2O3/c1-2-28-16-17-29-23-9-5-4-8-22(23)24(27)25-18-20-10-12-21(13-11-20)19-26-14-6-3-7-15-26/h4-5,8-13H,2-3,6-7,14-19H2,1H3,(H,25,27). The van der Waals surface area contributed by atoms with Crippen molar-refractivity contribution in [3.63, 3.8) is 0 Å². The molecule has 0 unspecified atom stereocenters. The summed E-state index contributed by atoms with van der Waals surface area (Å²) in [7, 11) is 0. The second-order valence-corrected chi connectivity index (χ2v) is 7.38. The van der Waals surface area contributed by atoms with E-state index in [1.807, 2.05) is 25.1 Å². The van der Waals surface area contributed by atoms with E-state index in [0.717, 1.165) is 12.1 Å². The molecule has 5 heteroatoms. The lowest BCUT2D eigenvalue weighted by molar-refractivity contribution is 0.0934. The Morgan fingerprint density at radius 1 is 0.966 bits per heavy atom. The third kappa shape index (κ3) is 6.87. The average molecular weight is 397 g/mol. The molecule has 0 bridgehead atoms. The molecule has 3 rings (SSSR count). The molecule has 1 saturated heterocycles. The summed E-state index contributed by atoms with van der Waals surface area (Å²) in [5, 5.41) is 3.00. The van der Waals surface area contributed by atoms with Crippen LogP contribution < -0.4 is 10.1 Å². The van der Waals surface area contributed by atoms with Crippen LogP contribution in [0, 0.1) is 0 Å². The minimum absolute atomic E-state index is 0.130. The first kappa shape index (κ1) is 21.3. The number of hydrogen-bond acceptors (Lipinski definition) is 4. The zero-order chi connectivity index (χ0) is 20.3. The summed E-state index contributed by atoms with van der Waals surface area (Å²) >= 11 is 0. The normalized spacial score (nSPS) is 14.5. The summed E-state index contributed by atoms with van der Waals surface area (Å²) in [5.41, 5.74) is 2.97. The van der Waals surface area contributed by atoms with E-state index in [-0.39, 0.29) is 5.91 Å². The van der Waals surface area contributed by atoms with Crippen LogP contribution in [0.15, 0.2) is 48.5 Å². The molecule has 29 heavy (non-hydrogen) atoms. The van der Waals surface area contributed by atoms with Crippen molar-refractivity contribution in [3.05, 3.63) is 65.2 Å². The number of carbonyl (C=O) groups is 1. The molecule has 2 aromatic rings. The highest BCUT2D eigenvalue weighted by molar-refractivity contribution is 5.96. The Labute approximate surface area is 174 Å². The lowest BCUT2D eigenvalue weighted by Gasteiger charge is -2.26. The van der Waals surface area contributed by atoms with Gasteiger partial charge in [-0.2, -0.15) is 0 Å². The van der Waals surface area contributed by atoms with Crippen LogP contribution in [0.3, 0.4) is 0 Å². The van der Waals surface area contributed by atoms with Gasteiger partial charge < -0.3 is 14.8 Å². The Bertz CT molecular complexity index is 755. The predicted molar refractivity (Wildman–Crippen MR) is 115 cm³/mol. The van der Waals surface area contributed by atoms with Crippen molar-refractivity contribution >= 4 is 5.91 Å². The van der Waals surface area contributed by atoms with E-state index in [1.54, 1.807) is 6.07 Å². The van der Waals surface area contributed by atoms with E-state index in [1.165, 1.54) is 37.9 Å². The Morgan fingerprint density at radius 2 is 1.69 bits per heavy atom. The van der Waals surface area contributed by atoms with E-state index in [9.17, 15) is 4.79 Å². The molecule has 1 amide bonds. The molecule has 156 valence electrons. The van der Waals surface area contributed by atoms with Gasteiger partial charge in [0.1, 0.15) is 12.4 Å². The zero-order valence-electron chi connectivity index (χ0n) is 17.4. The van der Waals surface area contributed by atoms with Crippen LogP contribution >= 0.6 is 0 Å². The number of likely N-dealkylation sites (tertiary alicyclic amines) is 1. The summed E-state index contributed by atoms with van der Waals surface area (Å²) in [4.78, 5) is 15.1. The Hall–Kier alpha value is -2.37. The van der Waals surface area contributed by atoms with E-state index in [2.05, 4.69) is 34.5 Å². The van der Waals surface area contributed by atoms with E-state index >= 15 is 0 Å². The second-order valence-electron chi connectivity index (χ2n) is 7.38. The summed E-state index contributed by atoms with van der Waals surface area (Å²) < 4.78 is 11.0. The number of para-hydroxylation sites is 1. The molecular formula is C24H32N2O3. The molecule has 0 atom stereocenters. The van der Waals surface area contributed by atoms with Gasteiger partial charge in [0.15, 0.2) is 0 Å². The van der Waals surface area contributed by atoms with Crippen molar-refractivity contribution in [1.82, 2.24) is 10.2 Å². The Balaban J connectivity index is 1.50. The number of hydrogen-bond donors (Lipinski definition) is 1. The van der Waals surface area contributed by atoms with Gasteiger partial charge in [0.2, 0.25) is 0 Å². The number of amides is 1. The third-order valence-corrected chi connectivity index (χ3v) is 5.15. The third-order valence-electron chi connectivity index (χ3n) is 5.15. The number of nitrogens with one attached hydrogen (secondary N) is 1. The highest BCUT2D eigenvalue weighted by Gasteiger charge is 2.13. The Morgan fingerprint density at radius 3 is 2.45 bits per heavy atom. The monoisotopic (exact) mass is 396 g/mol. The molecule has 0 radical (unpaired) electrons. The fourth-order valence-electron chi connectivity index (χ4n) is 3.55. The van der Waals surface area contributed by atoms with Crippen molar-refractivity contribution in [1.29, 1.82) is 0 Å². The SMILES string of the molecule is CCOCCOc1ccccc1C(=O)NCc1ccc(CN2CCCCC2)cc1. The van der Waals surface area contributed by atoms with E-state index in [0.29, 0.717) is 37.7 Å². The summed E-state index contributed by atoms with van der Waals surface area (Å²) in [5.74, 6) is 0.455. The van der Waals surface area contributed by atoms with Gasteiger partial charge in [0.25, 0.3) is 5.91 Å².